The van der Waals surface area contributed by atoms with E-state index in [2.05, 4.69) is 10.6 Å². The third kappa shape index (κ3) is 5.12. The molecule has 1 aromatic carbocycles. The Labute approximate surface area is 176 Å². The molecule has 31 heavy (non-hydrogen) atoms. The van der Waals surface area contributed by atoms with Crippen LogP contribution in [0.3, 0.4) is 0 Å². The summed E-state index contributed by atoms with van der Waals surface area (Å²) in [6.45, 7) is -0.0400. The molecule has 0 saturated carbocycles. The molecule has 1 aromatic rings. The largest absolute Gasteiger partial charge is 0.484 e. The van der Waals surface area contributed by atoms with E-state index >= 15 is 0 Å². The maximum Gasteiger partial charge on any atom is 0.409 e. The van der Waals surface area contributed by atoms with Crippen LogP contribution in [0.1, 0.15) is 13.3 Å². The zero-order valence-electron chi connectivity index (χ0n) is 16.3. The van der Waals surface area contributed by atoms with Gasteiger partial charge in [-0.1, -0.05) is 0 Å². The molecule has 0 aliphatic carbocycles. The molecule has 10 nitrogen and oxygen atoms in total. The van der Waals surface area contributed by atoms with Crippen molar-refractivity contribution in [3.8, 4) is 5.75 Å². The molecule has 0 aromatic heterocycles. The average molecular weight is 466 g/mol. The number of nitrogens with one attached hydrogen (secondary N) is 2. The van der Waals surface area contributed by atoms with Gasteiger partial charge in [0.15, 0.2) is 0 Å². The fourth-order valence-electron chi connectivity index (χ4n) is 3.44. The van der Waals surface area contributed by atoms with Crippen molar-refractivity contribution in [3.63, 3.8) is 0 Å². The fraction of sp³-hybridized carbons (Fsp3) is 0.529. The third-order valence-corrected chi connectivity index (χ3v) is 6.83. The molecule has 1 saturated heterocycles. The van der Waals surface area contributed by atoms with Gasteiger partial charge in [0.05, 0.1) is 24.7 Å². The highest BCUT2D eigenvalue weighted by Crippen LogP contribution is 2.40. The topological polar surface area (TPSA) is 128 Å². The Morgan fingerprint density at radius 3 is 2.58 bits per heavy atom. The van der Waals surface area contributed by atoms with Crippen LogP contribution >= 0.6 is 0 Å². The van der Waals surface area contributed by atoms with Crippen LogP contribution in [0.2, 0.25) is 0 Å². The first-order chi connectivity index (χ1) is 14.4. The van der Waals surface area contributed by atoms with Gasteiger partial charge in [0.25, 0.3) is 0 Å². The number of hydrogen-bond donors (Lipinski definition) is 3. The van der Waals surface area contributed by atoms with Crippen LogP contribution in [-0.2, 0) is 15.0 Å². The lowest BCUT2D eigenvalue weighted by atomic mass is 10.1. The number of amides is 2. The first kappa shape index (κ1) is 22.9. The highest BCUT2D eigenvalue weighted by atomic mass is 32.2. The monoisotopic (exact) mass is 466 g/mol. The lowest BCUT2D eigenvalue weighted by Gasteiger charge is -2.37. The summed E-state index contributed by atoms with van der Waals surface area (Å²) in [6, 6.07) is 3.94. The van der Waals surface area contributed by atoms with Crippen molar-refractivity contribution in [2.75, 3.05) is 35.8 Å². The third-order valence-electron chi connectivity index (χ3n) is 4.94. The average Bonchev–Trinajstić information content (AvgIpc) is 3.17. The van der Waals surface area contributed by atoms with Crippen molar-refractivity contribution in [2.45, 2.75) is 25.6 Å². The number of hydrogen-bond acceptors (Lipinski definition) is 5. The number of fused-ring (bicyclic) bond motifs is 1. The minimum Gasteiger partial charge on any atom is -0.484 e. The van der Waals surface area contributed by atoms with Gasteiger partial charge in [-0.25, -0.2) is 4.79 Å². The number of ether oxygens (including phenoxy) is 1. The second kappa shape index (κ2) is 8.42. The van der Waals surface area contributed by atoms with Gasteiger partial charge in [0.2, 0.25) is 5.91 Å². The predicted octanol–water partition coefficient (Wildman–Crippen LogP) is 1.61. The summed E-state index contributed by atoms with van der Waals surface area (Å²) in [6.07, 6.45) is -7.04. The number of benzene rings is 1. The number of carbonyl (C=O) groups is 2. The van der Waals surface area contributed by atoms with E-state index < -0.39 is 41.0 Å². The Morgan fingerprint density at radius 1 is 1.29 bits per heavy atom. The van der Waals surface area contributed by atoms with E-state index in [9.17, 15) is 31.2 Å². The van der Waals surface area contributed by atoms with Crippen LogP contribution in [0.4, 0.5) is 29.3 Å². The van der Waals surface area contributed by atoms with Gasteiger partial charge >= 0.3 is 22.5 Å². The first-order valence-electron chi connectivity index (χ1n) is 9.27. The summed E-state index contributed by atoms with van der Waals surface area (Å²) in [5, 5.41) is 13.5. The molecular formula is C17H21F3N4O6S. The molecule has 2 aliphatic heterocycles. The lowest BCUT2D eigenvalue weighted by molar-refractivity contribution is -0.169. The molecule has 1 unspecified atom stereocenters. The summed E-state index contributed by atoms with van der Waals surface area (Å²) in [5.74, 6) is -2.04. The number of carbonyl (C=O) groups excluding carboxylic acids is 1. The highest BCUT2D eigenvalue weighted by Gasteiger charge is 2.48. The molecule has 1 fully saturated rings. The van der Waals surface area contributed by atoms with Gasteiger partial charge in [-0.15, -0.1) is 0 Å². The molecule has 2 aliphatic rings. The lowest BCUT2D eigenvalue weighted by Crippen LogP contribution is -2.52. The number of halogens is 3. The standard InChI is InChI=1S/C17H21F3N4O6S/c1-10(25)21-7-13-9-24(14-6-12(22-16(26)27)2-3-15(14)30-13)31(28,29)23-5-4-11(8-23)17(18,19)20/h2-3,6,11,13,22H,4-5,7-9H2,1H3,(H,21,25)(H,26,27)/t11?,13-/m0/s1. The number of anilines is 2. The maximum absolute atomic E-state index is 13.2. The molecule has 2 atom stereocenters. The molecule has 0 spiro atoms. The van der Waals surface area contributed by atoms with Crippen LogP contribution in [0.5, 0.6) is 5.75 Å². The normalized spacial score (nSPS) is 21.9. The van der Waals surface area contributed by atoms with E-state index in [4.69, 9.17) is 9.84 Å². The Morgan fingerprint density at radius 2 is 2.00 bits per heavy atom. The summed E-state index contributed by atoms with van der Waals surface area (Å²) < 4.78 is 73.0. The van der Waals surface area contributed by atoms with Crippen LogP contribution in [0, 0.1) is 5.92 Å². The maximum atomic E-state index is 13.2. The van der Waals surface area contributed by atoms with E-state index in [0.717, 1.165) is 8.61 Å². The Kier molecular flexibility index (Phi) is 6.23. The van der Waals surface area contributed by atoms with Gasteiger partial charge in [-0.05, 0) is 24.6 Å². The molecule has 3 N–H and O–H groups in total. The van der Waals surface area contributed by atoms with Crippen molar-refractivity contribution >= 4 is 33.6 Å². The number of alkyl halides is 3. The second-order valence-electron chi connectivity index (χ2n) is 7.21. The minimum absolute atomic E-state index is 0.0132. The zero-order valence-corrected chi connectivity index (χ0v) is 17.2. The van der Waals surface area contributed by atoms with Crippen molar-refractivity contribution in [1.29, 1.82) is 0 Å². The molecule has 2 heterocycles. The zero-order chi connectivity index (χ0) is 23.0. The van der Waals surface area contributed by atoms with E-state index in [1.807, 2.05) is 0 Å². The second-order valence-corrected chi connectivity index (χ2v) is 9.07. The van der Waals surface area contributed by atoms with E-state index in [1.54, 1.807) is 0 Å². The van der Waals surface area contributed by atoms with Crippen LogP contribution in [0.25, 0.3) is 0 Å². The number of rotatable bonds is 5. The Hall–Kier alpha value is -2.74. The number of nitrogens with zero attached hydrogens (tertiary/aromatic N) is 2. The van der Waals surface area contributed by atoms with Gasteiger partial charge in [-0.3, -0.25) is 14.4 Å². The number of carboxylic acid groups (broad SMARTS) is 1. The fourth-order valence-corrected chi connectivity index (χ4v) is 5.17. The molecule has 172 valence electrons. The Bertz CT molecular complexity index is 971. The molecule has 0 radical (unpaired) electrons. The highest BCUT2D eigenvalue weighted by molar-refractivity contribution is 7.90. The molecule has 2 amide bonds. The van der Waals surface area contributed by atoms with Crippen LogP contribution in [0.15, 0.2) is 18.2 Å². The minimum atomic E-state index is -4.51. The summed E-state index contributed by atoms with van der Waals surface area (Å²) in [4.78, 5) is 22.1. The van der Waals surface area contributed by atoms with Crippen LogP contribution < -0.4 is 19.7 Å². The summed E-state index contributed by atoms with van der Waals surface area (Å²) in [5.41, 5.74) is 0.0470. The van der Waals surface area contributed by atoms with E-state index in [1.165, 1.54) is 25.1 Å². The van der Waals surface area contributed by atoms with Gasteiger partial charge in [0, 0.05) is 25.7 Å². The molecular weight excluding hydrogens is 445 g/mol. The summed E-state index contributed by atoms with van der Waals surface area (Å²) in [7, 11) is -4.39. The van der Waals surface area contributed by atoms with E-state index in [-0.39, 0.29) is 49.1 Å². The van der Waals surface area contributed by atoms with Crippen molar-refractivity contribution < 1.29 is 41.0 Å². The van der Waals surface area contributed by atoms with Crippen molar-refractivity contribution in [1.82, 2.24) is 9.62 Å². The quantitative estimate of drug-likeness (QED) is 0.605. The van der Waals surface area contributed by atoms with Gasteiger partial charge in [0.1, 0.15) is 11.9 Å². The predicted molar refractivity (Wildman–Crippen MR) is 103 cm³/mol. The SMILES string of the molecule is CC(=O)NC[C@H]1CN(S(=O)(=O)N2CCC(C(F)(F)F)C2)c2cc(NC(=O)O)ccc2O1. The molecule has 0 bridgehead atoms. The van der Waals surface area contributed by atoms with E-state index in [0.29, 0.717) is 0 Å². The van der Waals surface area contributed by atoms with Crippen molar-refractivity contribution in [3.05, 3.63) is 18.2 Å². The Balaban J connectivity index is 1.94. The smallest absolute Gasteiger partial charge is 0.409 e. The van der Waals surface area contributed by atoms with Crippen molar-refractivity contribution in [2.24, 2.45) is 5.92 Å². The first-order valence-corrected chi connectivity index (χ1v) is 10.7. The van der Waals surface area contributed by atoms with Crippen LogP contribution in [-0.4, -0.2) is 68.3 Å². The van der Waals surface area contributed by atoms with Gasteiger partial charge in [-0.2, -0.15) is 25.9 Å². The summed E-state index contributed by atoms with van der Waals surface area (Å²) >= 11 is 0. The van der Waals surface area contributed by atoms with Gasteiger partial charge < -0.3 is 15.2 Å². The molecule has 14 heteroatoms. The molecule has 3 rings (SSSR count).